The highest BCUT2D eigenvalue weighted by Gasteiger charge is 2.24. The smallest absolute Gasteiger partial charge is 0.225 e. The number of rotatable bonds is 4. The van der Waals surface area contributed by atoms with E-state index < -0.39 is 12.0 Å². The summed E-state index contributed by atoms with van der Waals surface area (Å²) in [6, 6.07) is 0. The molecule has 15 heavy (non-hydrogen) atoms. The third-order valence-corrected chi connectivity index (χ3v) is 1.82. The topological polar surface area (TPSA) is 98.1 Å². The fraction of sp³-hybridized carbons (Fsp3) is 0.889. The Kier molecular flexibility index (Phi) is 5.11. The first kappa shape index (κ1) is 13.7. The van der Waals surface area contributed by atoms with Crippen molar-refractivity contribution < 1.29 is 9.90 Å². The Labute approximate surface area is 89.3 Å². The molecular weight excluding hydrogens is 196 g/mol. The van der Waals surface area contributed by atoms with Gasteiger partial charge in [-0.25, -0.2) is 0 Å². The fourth-order valence-electron chi connectivity index (χ4n) is 0.936. The van der Waals surface area contributed by atoms with Crippen LogP contribution in [-0.2, 0) is 4.79 Å². The van der Waals surface area contributed by atoms with Gasteiger partial charge in [0.2, 0.25) is 5.91 Å². The predicted molar refractivity (Wildman–Crippen MR) is 57.1 cm³/mol. The van der Waals surface area contributed by atoms with Crippen molar-refractivity contribution in [2.24, 2.45) is 11.0 Å². The molecule has 6 heteroatoms. The zero-order valence-electron chi connectivity index (χ0n) is 9.56. The molecular formula is C9H18N4O2. The molecule has 0 aromatic heterocycles. The molecule has 0 radical (unpaired) electrons. The molecule has 0 aromatic rings. The van der Waals surface area contributed by atoms with E-state index in [1.807, 2.05) is 20.8 Å². The minimum Gasteiger partial charge on any atom is -0.392 e. The number of aliphatic hydroxyl groups excluding tert-OH is 1. The summed E-state index contributed by atoms with van der Waals surface area (Å²) < 4.78 is 0. The van der Waals surface area contributed by atoms with Gasteiger partial charge in [0, 0.05) is 10.5 Å². The van der Waals surface area contributed by atoms with Crippen LogP contribution < -0.4 is 5.32 Å². The van der Waals surface area contributed by atoms with Crippen LogP contribution in [0.25, 0.3) is 10.4 Å². The molecule has 1 unspecified atom stereocenters. The summed E-state index contributed by atoms with van der Waals surface area (Å²) >= 11 is 0. The molecule has 0 aliphatic heterocycles. The van der Waals surface area contributed by atoms with Crippen LogP contribution in [0.3, 0.4) is 0 Å². The van der Waals surface area contributed by atoms with Crippen molar-refractivity contribution in [1.82, 2.24) is 5.32 Å². The molecule has 2 atom stereocenters. The third kappa shape index (κ3) is 5.93. The largest absolute Gasteiger partial charge is 0.392 e. The maximum Gasteiger partial charge on any atom is 0.225 e. The number of hydrogen-bond donors (Lipinski definition) is 2. The molecule has 0 aromatic carbocycles. The molecule has 0 rings (SSSR count). The van der Waals surface area contributed by atoms with Gasteiger partial charge in [-0.3, -0.25) is 4.79 Å². The molecule has 0 aliphatic rings. The maximum absolute atomic E-state index is 11.6. The summed E-state index contributed by atoms with van der Waals surface area (Å²) in [7, 11) is 0. The quantitative estimate of drug-likeness (QED) is 0.417. The van der Waals surface area contributed by atoms with E-state index in [0.717, 1.165) is 0 Å². The summed E-state index contributed by atoms with van der Waals surface area (Å²) in [4.78, 5) is 14.1. The van der Waals surface area contributed by atoms with Crippen LogP contribution in [-0.4, -0.2) is 29.2 Å². The Morgan fingerprint density at radius 1 is 1.60 bits per heavy atom. The van der Waals surface area contributed by atoms with Crippen LogP contribution in [0.5, 0.6) is 0 Å². The Bertz CT molecular complexity index is 266. The molecule has 0 aliphatic carbocycles. The van der Waals surface area contributed by atoms with E-state index in [0.29, 0.717) is 0 Å². The Balaban J connectivity index is 4.25. The highest BCUT2D eigenvalue weighted by molar-refractivity contribution is 5.79. The van der Waals surface area contributed by atoms with E-state index in [1.165, 1.54) is 0 Å². The molecule has 86 valence electrons. The highest BCUT2D eigenvalue weighted by atomic mass is 16.3. The summed E-state index contributed by atoms with van der Waals surface area (Å²) in [6.07, 6.45) is -0.941. The number of aliphatic hydroxyl groups is 1. The minimum absolute atomic E-state index is 0.0881. The zero-order valence-corrected chi connectivity index (χ0v) is 9.56. The third-order valence-electron chi connectivity index (χ3n) is 1.82. The average molecular weight is 214 g/mol. The van der Waals surface area contributed by atoms with Crippen LogP contribution in [0.4, 0.5) is 0 Å². The van der Waals surface area contributed by atoms with Crippen molar-refractivity contribution in [3.63, 3.8) is 0 Å². The number of carbonyl (C=O) groups is 1. The van der Waals surface area contributed by atoms with E-state index in [-0.39, 0.29) is 18.0 Å². The van der Waals surface area contributed by atoms with Crippen molar-refractivity contribution in [3.05, 3.63) is 10.4 Å². The molecule has 1 amide bonds. The minimum atomic E-state index is -0.941. The monoisotopic (exact) mass is 214 g/mol. The normalized spacial score (nSPS) is 15.0. The number of hydrogen-bond acceptors (Lipinski definition) is 3. The lowest BCUT2D eigenvalue weighted by Gasteiger charge is -2.24. The second kappa shape index (κ2) is 5.58. The highest BCUT2D eigenvalue weighted by Crippen LogP contribution is 2.07. The van der Waals surface area contributed by atoms with Gasteiger partial charge in [-0.2, -0.15) is 0 Å². The van der Waals surface area contributed by atoms with Gasteiger partial charge in [0.05, 0.1) is 18.6 Å². The van der Waals surface area contributed by atoms with E-state index in [2.05, 4.69) is 15.3 Å². The lowest BCUT2D eigenvalue weighted by atomic mass is 10.0. The number of carbonyl (C=O) groups excluding carboxylic acids is 1. The molecule has 0 bridgehead atoms. The summed E-state index contributed by atoms with van der Waals surface area (Å²) in [5.41, 5.74) is 7.74. The lowest BCUT2D eigenvalue weighted by molar-refractivity contribution is -0.129. The van der Waals surface area contributed by atoms with Crippen LogP contribution in [0.2, 0.25) is 0 Å². The summed E-state index contributed by atoms with van der Waals surface area (Å²) in [5.74, 6) is -0.835. The fourth-order valence-corrected chi connectivity index (χ4v) is 0.936. The van der Waals surface area contributed by atoms with Crippen molar-refractivity contribution in [2.45, 2.75) is 39.3 Å². The van der Waals surface area contributed by atoms with Crippen LogP contribution in [0, 0.1) is 5.92 Å². The van der Waals surface area contributed by atoms with E-state index in [1.54, 1.807) is 6.92 Å². The number of azide groups is 1. The average Bonchev–Trinajstić information content (AvgIpc) is 2.10. The van der Waals surface area contributed by atoms with E-state index in [4.69, 9.17) is 5.53 Å². The Morgan fingerprint density at radius 3 is 2.53 bits per heavy atom. The first-order valence-electron chi connectivity index (χ1n) is 4.79. The first-order chi connectivity index (χ1) is 6.78. The first-order valence-corrected chi connectivity index (χ1v) is 4.79. The predicted octanol–water partition coefficient (Wildman–Crippen LogP) is 1.21. The molecule has 0 saturated heterocycles. The second-order valence-electron chi connectivity index (χ2n) is 4.51. The molecule has 0 heterocycles. The van der Waals surface area contributed by atoms with Crippen molar-refractivity contribution in [2.75, 3.05) is 6.54 Å². The zero-order chi connectivity index (χ0) is 12.1. The second-order valence-corrected chi connectivity index (χ2v) is 4.51. The molecule has 0 spiro atoms. The molecule has 6 nitrogen and oxygen atoms in total. The van der Waals surface area contributed by atoms with Crippen molar-refractivity contribution in [3.8, 4) is 0 Å². The Morgan fingerprint density at radius 2 is 2.13 bits per heavy atom. The van der Waals surface area contributed by atoms with Crippen molar-refractivity contribution >= 4 is 5.91 Å². The van der Waals surface area contributed by atoms with Gasteiger partial charge >= 0.3 is 0 Å². The SMILES string of the molecule is C[C@H](C(=O)NC(C)(C)C)C(O)CN=[N+]=[N-]. The lowest BCUT2D eigenvalue weighted by Crippen LogP contribution is -2.46. The van der Waals surface area contributed by atoms with Gasteiger partial charge in [-0.15, -0.1) is 0 Å². The van der Waals surface area contributed by atoms with Crippen LogP contribution in [0.15, 0.2) is 5.11 Å². The molecule has 0 saturated carbocycles. The van der Waals surface area contributed by atoms with Gasteiger partial charge in [0.1, 0.15) is 0 Å². The number of nitrogens with zero attached hydrogens (tertiary/aromatic N) is 3. The van der Waals surface area contributed by atoms with Gasteiger partial charge < -0.3 is 10.4 Å². The van der Waals surface area contributed by atoms with Crippen LogP contribution in [0.1, 0.15) is 27.7 Å². The van der Waals surface area contributed by atoms with Crippen molar-refractivity contribution in [1.29, 1.82) is 0 Å². The standard InChI is InChI=1S/C9H18N4O2/c1-6(7(14)5-11-13-10)8(15)12-9(2,3)4/h6-7,14H,5H2,1-4H3,(H,12,15)/t6-,7?/m0/s1. The number of amides is 1. The Hall–Kier alpha value is -1.26. The van der Waals surface area contributed by atoms with Gasteiger partial charge in [-0.1, -0.05) is 12.0 Å². The van der Waals surface area contributed by atoms with Gasteiger partial charge in [0.15, 0.2) is 0 Å². The molecule has 0 fully saturated rings. The molecule has 2 N–H and O–H groups in total. The maximum atomic E-state index is 11.6. The van der Waals surface area contributed by atoms with Crippen LogP contribution >= 0.6 is 0 Å². The number of nitrogens with one attached hydrogen (secondary N) is 1. The van der Waals surface area contributed by atoms with Gasteiger partial charge in [0.25, 0.3) is 0 Å². The van der Waals surface area contributed by atoms with Gasteiger partial charge in [-0.05, 0) is 26.3 Å². The summed E-state index contributed by atoms with van der Waals surface area (Å²) in [6.45, 7) is 7.08. The van der Waals surface area contributed by atoms with E-state index >= 15 is 0 Å². The summed E-state index contributed by atoms with van der Waals surface area (Å²) in [5, 5.41) is 15.5. The van der Waals surface area contributed by atoms with E-state index in [9.17, 15) is 9.90 Å².